The van der Waals surface area contributed by atoms with Crippen LogP contribution in [0.1, 0.15) is 45.9 Å². The summed E-state index contributed by atoms with van der Waals surface area (Å²) in [5, 5.41) is 85.1. The van der Waals surface area contributed by atoms with Gasteiger partial charge in [0.25, 0.3) is 0 Å². The number of rotatable bonds is 3. The normalized spacial score (nSPS) is 23.4. The van der Waals surface area contributed by atoms with E-state index in [-0.39, 0.29) is 57.6 Å². The fourth-order valence-electron chi connectivity index (χ4n) is 5.60. The third-order valence-corrected chi connectivity index (χ3v) is 7.46. The van der Waals surface area contributed by atoms with Crippen LogP contribution in [0.2, 0.25) is 0 Å². The molecule has 0 aromatic heterocycles. The predicted octanol–water partition coefficient (Wildman–Crippen LogP) is 3.58. The second kappa shape index (κ2) is 9.44. The Labute approximate surface area is 227 Å². The van der Waals surface area contributed by atoms with Crippen molar-refractivity contribution in [2.75, 3.05) is 0 Å². The monoisotopic (exact) mass is 546 g/mol. The third kappa shape index (κ3) is 4.14. The van der Waals surface area contributed by atoms with Gasteiger partial charge >= 0.3 is 0 Å². The first-order chi connectivity index (χ1) is 19.1. The Balaban J connectivity index is 1.55. The Morgan fingerprint density at radius 1 is 0.575 bits per heavy atom. The van der Waals surface area contributed by atoms with Crippen molar-refractivity contribution in [1.82, 2.24) is 0 Å². The second-order valence-corrected chi connectivity index (χ2v) is 10.0. The van der Waals surface area contributed by atoms with Crippen molar-refractivity contribution in [3.8, 4) is 46.0 Å². The van der Waals surface area contributed by atoms with Crippen LogP contribution in [0.3, 0.4) is 0 Å². The fourth-order valence-corrected chi connectivity index (χ4v) is 5.60. The van der Waals surface area contributed by atoms with E-state index in [1.807, 2.05) is 0 Å². The summed E-state index contributed by atoms with van der Waals surface area (Å²) in [7, 11) is 0. The lowest BCUT2D eigenvalue weighted by atomic mass is 9.77. The lowest BCUT2D eigenvalue weighted by Gasteiger charge is -2.40. The highest BCUT2D eigenvalue weighted by Crippen LogP contribution is 2.57. The molecule has 10 nitrogen and oxygen atoms in total. The first-order valence-corrected chi connectivity index (χ1v) is 12.5. The van der Waals surface area contributed by atoms with Crippen molar-refractivity contribution in [1.29, 1.82) is 0 Å². The number of hydrogen-bond donors (Lipinski definition) is 8. The summed E-state index contributed by atoms with van der Waals surface area (Å²) in [4.78, 5) is 0. The molecule has 0 radical (unpaired) electrons. The molecule has 4 aromatic rings. The number of benzene rings is 4. The molecule has 10 heteroatoms. The molecule has 2 aliphatic heterocycles. The van der Waals surface area contributed by atoms with Crippen molar-refractivity contribution >= 4 is 0 Å². The Kier molecular flexibility index (Phi) is 6.01. The van der Waals surface area contributed by atoms with Crippen LogP contribution in [0.15, 0.2) is 66.7 Å². The zero-order valence-corrected chi connectivity index (χ0v) is 20.8. The van der Waals surface area contributed by atoms with Crippen LogP contribution in [0.4, 0.5) is 0 Å². The number of fused-ring (bicyclic) bond motifs is 2. The predicted molar refractivity (Wildman–Crippen MR) is 140 cm³/mol. The largest absolute Gasteiger partial charge is 0.508 e. The minimum atomic E-state index is -1.44. The summed E-state index contributed by atoms with van der Waals surface area (Å²) in [5.41, 5.74) is 1.28. The molecule has 1 unspecified atom stereocenters. The van der Waals surface area contributed by atoms with E-state index in [1.165, 1.54) is 30.3 Å². The van der Waals surface area contributed by atoms with Crippen LogP contribution in [0.5, 0.6) is 46.0 Å². The Morgan fingerprint density at radius 2 is 1.15 bits per heavy atom. The highest BCUT2D eigenvalue weighted by atomic mass is 16.5. The van der Waals surface area contributed by atoms with E-state index in [4.69, 9.17) is 9.47 Å². The van der Waals surface area contributed by atoms with Gasteiger partial charge < -0.3 is 50.3 Å². The molecule has 0 bridgehead atoms. The first kappa shape index (κ1) is 25.5. The lowest BCUT2D eigenvalue weighted by molar-refractivity contribution is 0.00124. The molecule has 6 rings (SSSR count). The third-order valence-electron chi connectivity index (χ3n) is 7.46. The molecule has 0 saturated carbocycles. The summed E-state index contributed by atoms with van der Waals surface area (Å²) < 4.78 is 12.3. The minimum Gasteiger partial charge on any atom is -0.508 e. The van der Waals surface area contributed by atoms with Crippen LogP contribution in [0, 0.1) is 0 Å². The van der Waals surface area contributed by atoms with Gasteiger partial charge in [-0.05, 0) is 35.4 Å². The van der Waals surface area contributed by atoms with E-state index in [0.29, 0.717) is 11.1 Å². The highest BCUT2D eigenvalue weighted by Gasteiger charge is 2.46. The topological polar surface area (TPSA) is 180 Å². The molecular weight excluding hydrogens is 520 g/mol. The average Bonchev–Trinajstić information content (AvgIpc) is 2.91. The first-order valence-electron chi connectivity index (χ1n) is 12.5. The van der Waals surface area contributed by atoms with Crippen molar-refractivity contribution in [2.24, 2.45) is 0 Å². The molecule has 206 valence electrons. The molecule has 2 heterocycles. The van der Waals surface area contributed by atoms with Gasteiger partial charge in [-0.3, -0.25) is 0 Å². The van der Waals surface area contributed by atoms with Gasteiger partial charge in [-0.1, -0.05) is 24.3 Å². The molecule has 0 amide bonds. The quantitative estimate of drug-likeness (QED) is 0.189. The maximum atomic E-state index is 11.7. The molecule has 8 N–H and O–H groups in total. The zero-order chi connectivity index (χ0) is 28.3. The van der Waals surface area contributed by atoms with Crippen molar-refractivity contribution in [3.05, 3.63) is 94.5 Å². The van der Waals surface area contributed by atoms with E-state index >= 15 is 0 Å². The number of hydrogen-bond acceptors (Lipinski definition) is 10. The molecule has 40 heavy (non-hydrogen) atoms. The Morgan fingerprint density at radius 3 is 1.77 bits per heavy atom. The van der Waals surface area contributed by atoms with E-state index in [9.17, 15) is 40.9 Å². The molecule has 5 atom stereocenters. The highest BCUT2D eigenvalue weighted by molar-refractivity contribution is 5.65. The summed E-state index contributed by atoms with van der Waals surface area (Å²) in [6.07, 6.45) is -4.61. The molecule has 2 aliphatic rings. The molecule has 4 aromatic carbocycles. The van der Waals surface area contributed by atoms with Gasteiger partial charge in [0.05, 0.1) is 12.0 Å². The van der Waals surface area contributed by atoms with Crippen molar-refractivity contribution in [2.45, 2.75) is 36.8 Å². The minimum absolute atomic E-state index is 0.00114. The Bertz CT molecular complexity index is 1580. The smallest absolute Gasteiger partial charge is 0.150 e. The summed E-state index contributed by atoms with van der Waals surface area (Å²) in [6, 6.07) is 15.4. The van der Waals surface area contributed by atoms with Crippen LogP contribution in [-0.4, -0.2) is 53.1 Å². The molecular formula is C30H26O10. The van der Waals surface area contributed by atoms with Crippen LogP contribution < -0.4 is 9.47 Å². The van der Waals surface area contributed by atoms with Gasteiger partial charge in [-0.15, -0.1) is 0 Å². The number of aliphatic hydroxyl groups is 2. The van der Waals surface area contributed by atoms with Crippen molar-refractivity contribution < 1.29 is 50.3 Å². The molecule has 0 spiro atoms. The Hall–Kier alpha value is -4.80. The van der Waals surface area contributed by atoms with Crippen LogP contribution >= 0.6 is 0 Å². The SMILES string of the molecule is Oc1ccc([C@H]2Oc3c(c(O)cc(O)c3C3c4c(O)cc(O)cc4O[C@H](c4ccc(O)cc4)[C@H]3O)C[C@@H]2O)cc1. The zero-order valence-electron chi connectivity index (χ0n) is 20.8. The molecule has 0 fully saturated rings. The van der Waals surface area contributed by atoms with Gasteiger partial charge in [0.15, 0.2) is 6.10 Å². The van der Waals surface area contributed by atoms with E-state index in [2.05, 4.69) is 0 Å². The number of aromatic hydroxyl groups is 6. The van der Waals surface area contributed by atoms with Crippen LogP contribution in [0.25, 0.3) is 0 Å². The average molecular weight is 547 g/mol. The van der Waals surface area contributed by atoms with E-state index in [1.54, 1.807) is 24.3 Å². The van der Waals surface area contributed by atoms with Gasteiger partial charge in [0.1, 0.15) is 58.2 Å². The van der Waals surface area contributed by atoms with Crippen molar-refractivity contribution in [3.63, 3.8) is 0 Å². The maximum absolute atomic E-state index is 11.7. The number of phenols is 6. The molecule has 0 aliphatic carbocycles. The van der Waals surface area contributed by atoms with E-state index in [0.717, 1.165) is 12.1 Å². The van der Waals surface area contributed by atoms with Crippen LogP contribution in [-0.2, 0) is 6.42 Å². The number of ether oxygens (including phenoxy) is 2. The van der Waals surface area contributed by atoms with Gasteiger partial charge in [-0.25, -0.2) is 0 Å². The number of aliphatic hydroxyl groups excluding tert-OH is 2. The molecule has 0 saturated heterocycles. The van der Waals surface area contributed by atoms with Gasteiger partial charge in [0.2, 0.25) is 0 Å². The number of phenolic OH excluding ortho intramolecular Hbond substituents is 6. The maximum Gasteiger partial charge on any atom is 0.150 e. The van der Waals surface area contributed by atoms with E-state index < -0.39 is 41.8 Å². The lowest BCUT2D eigenvalue weighted by Crippen LogP contribution is -2.36. The summed E-state index contributed by atoms with van der Waals surface area (Å²) >= 11 is 0. The van der Waals surface area contributed by atoms with Gasteiger partial charge in [0, 0.05) is 41.3 Å². The second-order valence-electron chi connectivity index (χ2n) is 10.0. The summed E-state index contributed by atoms with van der Waals surface area (Å²) in [6.45, 7) is 0. The summed E-state index contributed by atoms with van der Waals surface area (Å²) in [5.74, 6) is -2.59. The fraction of sp³-hybridized carbons (Fsp3) is 0.200. The van der Waals surface area contributed by atoms with Gasteiger partial charge in [-0.2, -0.15) is 0 Å². The standard InChI is InChI=1S/C30H26O10/c31-15-5-1-13(2-6-15)28-22(37)11-18-19(34)12-21(36)25(30(18)40-28)26-24-20(35)9-17(33)10-23(24)39-29(27(26)38)14-3-7-16(32)8-4-14/h1-10,12,22,26-29,31-38H,11H2/t22-,26?,27-,28+,29+/m0/s1.